The number of carboxylic acids is 2. The van der Waals surface area contributed by atoms with Gasteiger partial charge in [-0.3, -0.25) is 33.7 Å². The topological polar surface area (TPSA) is 226 Å². The molecule has 0 fully saturated rings. The Bertz CT molecular complexity index is 3710. The second-order valence-corrected chi connectivity index (χ2v) is 17.6. The molecule has 0 spiro atoms. The fourth-order valence-corrected chi connectivity index (χ4v) is 8.48. The van der Waals surface area contributed by atoms with E-state index in [0.717, 1.165) is 20.9 Å². The van der Waals surface area contributed by atoms with Crippen molar-refractivity contribution in [1.29, 1.82) is 0 Å². The number of rotatable bonds is 12. The van der Waals surface area contributed by atoms with Crippen LogP contribution >= 0.6 is 0 Å². The van der Waals surface area contributed by atoms with Crippen molar-refractivity contribution in [2.24, 2.45) is 0 Å². The number of carboxylic acid groups (broad SMARTS) is 2. The van der Waals surface area contributed by atoms with E-state index in [1.54, 1.807) is 84.9 Å². The molecule has 16 nitrogen and oxygen atoms in total. The van der Waals surface area contributed by atoms with Crippen LogP contribution in [-0.4, -0.2) is 76.6 Å². The van der Waals surface area contributed by atoms with Gasteiger partial charge in [-0.25, -0.2) is 14.5 Å². The van der Waals surface area contributed by atoms with E-state index in [4.69, 9.17) is 9.47 Å². The Morgan fingerprint density at radius 3 is 1.26 bits per heavy atom. The lowest BCUT2D eigenvalue weighted by Gasteiger charge is -2.14. The van der Waals surface area contributed by atoms with Crippen molar-refractivity contribution in [2.75, 3.05) is 24.3 Å². The van der Waals surface area contributed by atoms with E-state index in [0.29, 0.717) is 73.3 Å². The van der Waals surface area contributed by atoms with Gasteiger partial charge in [-0.2, -0.15) is 0 Å². The van der Waals surface area contributed by atoms with Crippen LogP contribution in [0.15, 0.2) is 170 Å². The molecule has 0 aromatic heterocycles. The first-order valence-corrected chi connectivity index (χ1v) is 23.4. The van der Waals surface area contributed by atoms with Crippen molar-refractivity contribution < 1.29 is 59.5 Å². The molecule has 10 rings (SSSR count). The van der Waals surface area contributed by atoms with Gasteiger partial charge in [0, 0.05) is 21.2 Å². The number of hydrogen-bond acceptors (Lipinski definition) is 10. The maximum absolute atomic E-state index is 13.3. The van der Waals surface area contributed by atoms with Gasteiger partial charge in [-0.05, 0) is 157 Å². The highest BCUT2D eigenvalue weighted by atomic mass is 16.5. The molecule has 0 saturated heterocycles. The lowest BCUT2D eigenvalue weighted by molar-refractivity contribution is 0.0680. The fourth-order valence-electron chi connectivity index (χ4n) is 8.48. The van der Waals surface area contributed by atoms with Crippen LogP contribution < -0.4 is 25.0 Å². The molecule has 2 heterocycles. The number of fused-ring (bicyclic) bond motifs is 2. The van der Waals surface area contributed by atoms with Crippen LogP contribution in [-0.2, 0) is 0 Å². The van der Waals surface area contributed by atoms with Gasteiger partial charge in [-0.15, -0.1) is 0 Å². The number of anilines is 2. The first-order chi connectivity index (χ1) is 36.5. The number of amides is 6. The first-order valence-electron chi connectivity index (χ1n) is 23.4. The molecule has 0 saturated carbocycles. The Balaban J connectivity index is 0.000000201. The van der Waals surface area contributed by atoms with Crippen LogP contribution in [0.4, 0.5) is 11.4 Å². The third kappa shape index (κ3) is 10.3. The maximum atomic E-state index is 13.3. The Labute approximate surface area is 435 Å². The van der Waals surface area contributed by atoms with Gasteiger partial charge in [0.2, 0.25) is 0 Å². The van der Waals surface area contributed by atoms with Crippen molar-refractivity contribution in [3.8, 4) is 45.3 Å². The summed E-state index contributed by atoms with van der Waals surface area (Å²) in [6.07, 6.45) is 0. The lowest BCUT2D eigenvalue weighted by Crippen LogP contribution is -2.29. The molecule has 0 bridgehead atoms. The van der Waals surface area contributed by atoms with Gasteiger partial charge in [0.25, 0.3) is 35.4 Å². The Hall–Kier alpha value is -10.5. The summed E-state index contributed by atoms with van der Waals surface area (Å²) in [5, 5.41) is 24.2. The third-order valence-corrected chi connectivity index (χ3v) is 12.6. The van der Waals surface area contributed by atoms with E-state index < -0.39 is 35.6 Å². The zero-order valence-electron chi connectivity index (χ0n) is 41.0. The third-order valence-electron chi connectivity index (χ3n) is 12.6. The molecule has 2 aliphatic rings. The number of aryl methyl sites for hydroxylation is 2. The molecule has 2 aliphatic heterocycles. The van der Waals surface area contributed by atoms with Gasteiger partial charge in [0.05, 0.1) is 50.2 Å². The molecule has 0 atom stereocenters. The average molecular weight is 1020 g/mol. The molecule has 16 heteroatoms. The minimum atomic E-state index is -1.29. The zero-order valence-corrected chi connectivity index (χ0v) is 41.0. The summed E-state index contributed by atoms with van der Waals surface area (Å²) in [5.41, 5.74) is 5.98. The van der Waals surface area contributed by atoms with Crippen molar-refractivity contribution in [1.82, 2.24) is 10.2 Å². The molecular weight excluding hydrogens is 969 g/mol. The van der Waals surface area contributed by atoms with E-state index in [9.17, 15) is 48.6 Å². The van der Waals surface area contributed by atoms with Crippen molar-refractivity contribution in [2.45, 2.75) is 13.8 Å². The predicted molar refractivity (Wildman–Crippen MR) is 284 cm³/mol. The van der Waals surface area contributed by atoms with E-state index in [-0.39, 0.29) is 41.1 Å². The summed E-state index contributed by atoms with van der Waals surface area (Å²) >= 11 is 0. The standard InChI is InChI=1S/C30H24N2O7.C30H20N2O5.H2/c1-17-3-9-21(10-4-17)39-22-11-7-20(8-12-22)32-28(34)26-16-19(6-14-24(26)30(37)38)18-5-13-23(29(35)36)25(15-18)27(33)31-2;1-17-3-9-21(10-4-17)37-22-11-7-20(8-12-22)32-29(35)24-14-6-19(16-26(24)30(32)36)18-5-13-23-25(15-18)28(34)31(2)27(23)33;/h3-16H,1-2H3,(H,31,33)(H,32,34)(H,35,36)(H,37,38);3-16H,1-2H3;1H/i;;1+1. The zero-order chi connectivity index (χ0) is 53.9. The monoisotopic (exact) mass is 1020 g/mol. The fraction of sp³-hybridized carbons (Fsp3) is 0.0667. The van der Waals surface area contributed by atoms with E-state index >= 15 is 0 Å². The van der Waals surface area contributed by atoms with Crippen LogP contribution in [0.1, 0.15) is 95.4 Å². The van der Waals surface area contributed by atoms with Gasteiger partial charge >= 0.3 is 11.9 Å². The number of carbonyl (C=O) groups is 8. The van der Waals surface area contributed by atoms with E-state index in [1.165, 1.54) is 50.5 Å². The summed E-state index contributed by atoms with van der Waals surface area (Å²) < 4.78 is 11.6. The largest absolute Gasteiger partial charge is 0.478 e. The Kier molecular flexibility index (Phi) is 13.9. The van der Waals surface area contributed by atoms with Gasteiger partial charge in [0.1, 0.15) is 23.0 Å². The number of nitrogens with zero attached hydrogens (tertiary/aromatic N) is 2. The number of aromatic carboxylic acids is 2. The summed E-state index contributed by atoms with van der Waals surface area (Å²) in [6, 6.07) is 46.9. The van der Waals surface area contributed by atoms with Crippen molar-refractivity contribution >= 4 is 58.8 Å². The number of nitrogens with one attached hydrogen (secondary N) is 2. The van der Waals surface area contributed by atoms with Crippen molar-refractivity contribution in [3.05, 3.63) is 225 Å². The number of hydrogen-bond donors (Lipinski definition) is 4. The second kappa shape index (κ2) is 20.9. The average Bonchev–Trinajstić information content (AvgIpc) is 3.89. The van der Waals surface area contributed by atoms with Crippen molar-refractivity contribution in [3.63, 3.8) is 0 Å². The van der Waals surface area contributed by atoms with Crippen LogP contribution in [0, 0.1) is 13.8 Å². The van der Waals surface area contributed by atoms with Gasteiger partial charge in [-0.1, -0.05) is 59.7 Å². The molecule has 378 valence electrons. The number of ether oxygens (including phenoxy) is 2. The first kappa shape index (κ1) is 50.5. The van der Waals surface area contributed by atoms with Gasteiger partial charge in [0.15, 0.2) is 0 Å². The predicted octanol–water partition coefficient (Wildman–Crippen LogP) is 11.2. The SMILES string of the molecule is CNC(=O)c1cc(-c2ccc(C(=O)O)c(C(=O)Nc3ccc(Oc4ccc(C)cc4)cc3)c2)ccc1C(=O)O.Cc1ccc(Oc2ccc(N3C(=O)c4ccc(-c5ccc6c(c5)C(=O)N(C)C6=O)cc4C3=O)cc2)cc1.[2HH]. The van der Waals surface area contributed by atoms with E-state index in [1.807, 2.05) is 62.4 Å². The van der Waals surface area contributed by atoms with E-state index in [2.05, 4.69) is 10.6 Å². The van der Waals surface area contributed by atoms with Crippen LogP contribution in [0.5, 0.6) is 23.0 Å². The highest BCUT2D eigenvalue weighted by Gasteiger charge is 2.38. The molecule has 0 radical (unpaired) electrons. The minimum absolute atomic E-state index is 0. The van der Waals surface area contributed by atoms with Crippen LogP contribution in [0.2, 0.25) is 0 Å². The molecule has 8 aromatic carbocycles. The number of benzene rings is 8. The molecular formula is C60H46N4O12. The summed E-state index contributed by atoms with van der Waals surface area (Å²) in [7, 11) is 2.83. The highest BCUT2D eigenvalue weighted by molar-refractivity contribution is 6.34. The maximum Gasteiger partial charge on any atom is 0.336 e. The molecule has 6 amide bonds. The molecule has 76 heavy (non-hydrogen) atoms. The van der Waals surface area contributed by atoms with Crippen LogP contribution in [0.25, 0.3) is 22.3 Å². The molecule has 4 N–H and O–H groups in total. The quantitative estimate of drug-likeness (QED) is 0.0839. The van der Waals surface area contributed by atoms with Crippen LogP contribution in [0.3, 0.4) is 0 Å². The normalized spacial score (nSPS) is 12.3. The number of carbonyl (C=O) groups excluding carboxylic acids is 6. The Morgan fingerprint density at radius 1 is 0.434 bits per heavy atom. The minimum Gasteiger partial charge on any atom is -0.478 e. The number of imide groups is 2. The Morgan fingerprint density at radius 2 is 0.803 bits per heavy atom. The highest BCUT2D eigenvalue weighted by Crippen LogP contribution is 2.35. The molecule has 8 aromatic rings. The molecule has 0 unspecified atom stereocenters. The second-order valence-electron chi connectivity index (χ2n) is 17.6. The summed E-state index contributed by atoms with van der Waals surface area (Å²) in [6.45, 7) is 3.97. The van der Waals surface area contributed by atoms with Gasteiger partial charge < -0.3 is 30.3 Å². The summed E-state index contributed by atoms with van der Waals surface area (Å²) in [5.74, 6) is -2.86. The summed E-state index contributed by atoms with van der Waals surface area (Å²) in [4.78, 5) is 102. The lowest BCUT2D eigenvalue weighted by atomic mass is 9.95. The smallest absolute Gasteiger partial charge is 0.336 e. The molecule has 0 aliphatic carbocycles.